The van der Waals surface area contributed by atoms with Gasteiger partial charge >= 0.3 is 0 Å². The smallest absolute Gasteiger partial charge is 0.243 e. The fourth-order valence-electron chi connectivity index (χ4n) is 3.15. The Bertz CT molecular complexity index is 855. The van der Waals surface area contributed by atoms with Crippen LogP contribution in [0, 0.1) is 11.6 Å². The Kier molecular flexibility index (Phi) is 6.41. The Hall–Kier alpha value is -2.03. The molecule has 0 radical (unpaired) electrons. The first-order valence-corrected chi connectivity index (χ1v) is 10.4. The van der Waals surface area contributed by atoms with E-state index in [1.165, 1.54) is 5.69 Å². The largest absolute Gasteiger partial charge is 0.369 e. The van der Waals surface area contributed by atoms with Gasteiger partial charge in [0, 0.05) is 44.5 Å². The molecule has 1 heterocycles. The molecule has 2 aromatic rings. The van der Waals surface area contributed by atoms with E-state index in [0.29, 0.717) is 12.5 Å². The summed E-state index contributed by atoms with van der Waals surface area (Å²) in [6.45, 7) is 4.64. The number of sulfonamides is 1. The summed E-state index contributed by atoms with van der Waals surface area (Å²) in [5.41, 5.74) is 1.21. The molecule has 0 saturated carbocycles. The van der Waals surface area contributed by atoms with Crippen LogP contribution in [0.25, 0.3) is 0 Å². The molecule has 27 heavy (non-hydrogen) atoms. The van der Waals surface area contributed by atoms with Crippen LogP contribution >= 0.6 is 0 Å². The van der Waals surface area contributed by atoms with Gasteiger partial charge in [-0.05, 0) is 37.2 Å². The number of para-hydroxylation sites is 1. The van der Waals surface area contributed by atoms with Gasteiger partial charge < -0.3 is 4.90 Å². The van der Waals surface area contributed by atoms with E-state index in [4.69, 9.17) is 0 Å². The molecule has 2 aromatic carbocycles. The zero-order valence-corrected chi connectivity index (χ0v) is 15.8. The van der Waals surface area contributed by atoms with E-state index in [9.17, 15) is 17.2 Å². The highest BCUT2D eigenvalue weighted by molar-refractivity contribution is 7.89. The number of hydrogen-bond acceptors (Lipinski definition) is 4. The summed E-state index contributed by atoms with van der Waals surface area (Å²) in [6, 6.07) is 12.7. The van der Waals surface area contributed by atoms with Gasteiger partial charge in [0.15, 0.2) is 0 Å². The second-order valence-electron chi connectivity index (χ2n) is 6.49. The molecule has 0 amide bonds. The van der Waals surface area contributed by atoms with Crippen molar-refractivity contribution in [1.29, 1.82) is 0 Å². The molecule has 3 rings (SSSR count). The average Bonchev–Trinajstić information content (AvgIpc) is 2.66. The number of piperazine rings is 1. The van der Waals surface area contributed by atoms with Crippen molar-refractivity contribution in [3.05, 3.63) is 60.2 Å². The molecular formula is C19H23F2N3O2S. The van der Waals surface area contributed by atoms with Crippen molar-refractivity contribution < 1.29 is 17.2 Å². The maximum Gasteiger partial charge on any atom is 0.243 e. The van der Waals surface area contributed by atoms with Crippen LogP contribution in [0.15, 0.2) is 53.4 Å². The van der Waals surface area contributed by atoms with E-state index in [2.05, 4.69) is 26.7 Å². The number of nitrogens with zero attached hydrogens (tertiary/aromatic N) is 2. The SMILES string of the molecule is O=S(=O)(NCCCN1CCN(c2ccccc2)CC1)c1ccc(F)cc1F. The molecule has 0 atom stereocenters. The molecule has 0 aliphatic carbocycles. The van der Waals surface area contributed by atoms with Crippen molar-refractivity contribution in [3.63, 3.8) is 0 Å². The minimum atomic E-state index is -3.97. The van der Waals surface area contributed by atoms with Crippen LogP contribution in [-0.4, -0.2) is 52.6 Å². The summed E-state index contributed by atoms with van der Waals surface area (Å²) in [7, 11) is -3.97. The lowest BCUT2D eigenvalue weighted by atomic mass is 10.2. The predicted molar refractivity (Wildman–Crippen MR) is 101 cm³/mol. The number of nitrogens with one attached hydrogen (secondary N) is 1. The molecule has 0 bridgehead atoms. The zero-order chi connectivity index (χ0) is 19.3. The van der Waals surface area contributed by atoms with Crippen LogP contribution < -0.4 is 9.62 Å². The lowest BCUT2D eigenvalue weighted by molar-refractivity contribution is 0.255. The molecule has 0 spiro atoms. The van der Waals surface area contributed by atoms with Crippen molar-refractivity contribution in [2.24, 2.45) is 0 Å². The van der Waals surface area contributed by atoms with E-state index in [0.717, 1.165) is 44.9 Å². The molecule has 8 heteroatoms. The van der Waals surface area contributed by atoms with Crippen molar-refractivity contribution >= 4 is 15.7 Å². The van der Waals surface area contributed by atoms with Gasteiger partial charge in [-0.15, -0.1) is 0 Å². The first kappa shape index (κ1) is 19.7. The minimum absolute atomic E-state index is 0.206. The highest BCUT2D eigenvalue weighted by Gasteiger charge is 2.20. The molecule has 1 aliphatic heterocycles. The predicted octanol–water partition coefficient (Wildman–Crippen LogP) is 2.46. The third-order valence-electron chi connectivity index (χ3n) is 4.62. The second-order valence-corrected chi connectivity index (χ2v) is 8.23. The maximum atomic E-state index is 13.7. The molecular weight excluding hydrogens is 372 g/mol. The normalized spacial score (nSPS) is 15.9. The van der Waals surface area contributed by atoms with E-state index in [-0.39, 0.29) is 6.54 Å². The minimum Gasteiger partial charge on any atom is -0.369 e. The fourth-order valence-corrected chi connectivity index (χ4v) is 4.28. The highest BCUT2D eigenvalue weighted by atomic mass is 32.2. The Morgan fingerprint density at radius 3 is 2.33 bits per heavy atom. The topological polar surface area (TPSA) is 52.7 Å². The van der Waals surface area contributed by atoms with E-state index in [1.807, 2.05) is 18.2 Å². The molecule has 146 valence electrons. The van der Waals surface area contributed by atoms with Crippen LogP contribution in [-0.2, 0) is 10.0 Å². The average molecular weight is 395 g/mol. The molecule has 1 fully saturated rings. The standard InChI is InChI=1S/C19H23F2N3O2S/c20-16-7-8-19(18(21)15-16)27(25,26)22-9-4-10-23-11-13-24(14-12-23)17-5-2-1-3-6-17/h1-3,5-8,15,22H,4,9-14H2. The van der Waals surface area contributed by atoms with Gasteiger partial charge in [-0.3, -0.25) is 4.90 Å². The van der Waals surface area contributed by atoms with Crippen molar-refractivity contribution in [2.75, 3.05) is 44.2 Å². The third kappa shape index (κ3) is 5.24. The molecule has 0 unspecified atom stereocenters. The summed E-state index contributed by atoms with van der Waals surface area (Å²) < 4.78 is 53.2. The lowest BCUT2D eigenvalue weighted by Gasteiger charge is -2.36. The molecule has 0 aromatic heterocycles. The van der Waals surface area contributed by atoms with Gasteiger partial charge in [0.05, 0.1) is 0 Å². The van der Waals surface area contributed by atoms with Gasteiger partial charge in [0.2, 0.25) is 10.0 Å². The van der Waals surface area contributed by atoms with Crippen LogP contribution in [0.5, 0.6) is 0 Å². The second kappa shape index (κ2) is 8.77. The summed E-state index contributed by atoms with van der Waals surface area (Å²) in [5.74, 6) is -1.89. The summed E-state index contributed by atoms with van der Waals surface area (Å²) in [5, 5.41) is 0. The van der Waals surface area contributed by atoms with E-state index < -0.39 is 26.6 Å². The lowest BCUT2D eigenvalue weighted by Crippen LogP contribution is -2.47. The molecule has 1 saturated heterocycles. The van der Waals surface area contributed by atoms with Crippen molar-refractivity contribution in [2.45, 2.75) is 11.3 Å². The number of hydrogen-bond donors (Lipinski definition) is 1. The first-order chi connectivity index (χ1) is 13.0. The highest BCUT2D eigenvalue weighted by Crippen LogP contribution is 2.16. The number of halogens is 2. The number of rotatable bonds is 7. The summed E-state index contributed by atoms with van der Waals surface area (Å²) in [6.07, 6.45) is 0.618. The van der Waals surface area contributed by atoms with Crippen LogP contribution in [0.1, 0.15) is 6.42 Å². The van der Waals surface area contributed by atoms with Crippen molar-refractivity contribution in [1.82, 2.24) is 9.62 Å². The van der Waals surface area contributed by atoms with Crippen LogP contribution in [0.4, 0.5) is 14.5 Å². The van der Waals surface area contributed by atoms with E-state index in [1.54, 1.807) is 0 Å². The van der Waals surface area contributed by atoms with Gasteiger partial charge in [0.1, 0.15) is 16.5 Å². The van der Waals surface area contributed by atoms with Gasteiger partial charge in [-0.1, -0.05) is 18.2 Å². The summed E-state index contributed by atoms with van der Waals surface area (Å²) in [4.78, 5) is 4.09. The molecule has 5 nitrogen and oxygen atoms in total. The Morgan fingerprint density at radius 2 is 1.67 bits per heavy atom. The Labute approximate surface area is 158 Å². The molecule has 1 N–H and O–H groups in total. The van der Waals surface area contributed by atoms with Gasteiger partial charge in [-0.25, -0.2) is 21.9 Å². The quantitative estimate of drug-likeness (QED) is 0.732. The zero-order valence-electron chi connectivity index (χ0n) is 14.9. The van der Waals surface area contributed by atoms with Crippen molar-refractivity contribution in [3.8, 4) is 0 Å². The van der Waals surface area contributed by atoms with E-state index >= 15 is 0 Å². The monoisotopic (exact) mass is 395 g/mol. The number of anilines is 1. The Balaban J connectivity index is 1.42. The van der Waals surface area contributed by atoms with Gasteiger partial charge in [-0.2, -0.15) is 0 Å². The summed E-state index contributed by atoms with van der Waals surface area (Å²) >= 11 is 0. The Morgan fingerprint density at radius 1 is 0.963 bits per heavy atom. The van der Waals surface area contributed by atoms with Crippen LogP contribution in [0.2, 0.25) is 0 Å². The first-order valence-electron chi connectivity index (χ1n) is 8.93. The van der Waals surface area contributed by atoms with Gasteiger partial charge in [0.25, 0.3) is 0 Å². The molecule has 1 aliphatic rings. The maximum absolute atomic E-state index is 13.7. The third-order valence-corrected chi connectivity index (χ3v) is 6.11. The fraction of sp³-hybridized carbons (Fsp3) is 0.368. The van der Waals surface area contributed by atoms with Crippen LogP contribution in [0.3, 0.4) is 0 Å². The number of benzene rings is 2.